The summed E-state index contributed by atoms with van der Waals surface area (Å²) in [5.41, 5.74) is 22.1. The predicted molar refractivity (Wildman–Crippen MR) is 134 cm³/mol. The van der Waals surface area contributed by atoms with Crippen LogP contribution in [0.3, 0.4) is 0 Å². The number of likely N-dealkylation sites (tertiary alicyclic amines) is 1. The summed E-state index contributed by atoms with van der Waals surface area (Å²) in [5, 5.41) is 23.2. The summed E-state index contributed by atoms with van der Waals surface area (Å²) in [7, 11) is 0. The van der Waals surface area contributed by atoms with Crippen LogP contribution >= 0.6 is 0 Å². The van der Waals surface area contributed by atoms with Crippen LogP contribution in [0.15, 0.2) is 4.99 Å². The van der Waals surface area contributed by atoms with Gasteiger partial charge in [-0.15, -0.1) is 0 Å². The van der Waals surface area contributed by atoms with Crippen LogP contribution in [0.25, 0.3) is 0 Å². The molecule has 15 heteroatoms. The van der Waals surface area contributed by atoms with E-state index in [9.17, 15) is 29.1 Å². The Bertz CT molecular complexity index is 834. The number of hydrogen-bond acceptors (Lipinski definition) is 8. The van der Waals surface area contributed by atoms with Gasteiger partial charge in [-0.25, -0.2) is 4.79 Å². The number of rotatable bonds is 17. The summed E-state index contributed by atoms with van der Waals surface area (Å²) in [4.78, 5) is 66.4. The van der Waals surface area contributed by atoms with Gasteiger partial charge in [0.15, 0.2) is 5.96 Å². The molecule has 0 spiro atoms. The molecule has 37 heavy (non-hydrogen) atoms. The van der Waals surface area contributed by atoms with E-state index in [2.05, 4.69) is 15.6 Å². The fourth-order valence-electron chi connectivity index (χ4n) is 3.98. The first-order valence-electron chi connectivity index (χ1n) is 12.3. The molecule has 1 aliphatic rings. The Morgan fingerprint density at radius 2 is 1.68 bits per heavy atom. The Morgan fingerprint density at radius 1 is 0.973 bits per heavy atom. The Kier molecular flexibility index (Phi) is 13.9. The summed E-state index contributed by atoms with van der Waals surface area (Å²) >= 11 is 0. The number of aliphatic carboxylic acids is 2. The Morgan fingerprint density at radius 3 is 2.27 bits per heavy atom. The minimum Gasteiger partial charge on any atom is -0.481 e. The van der Waals surface area contributed by atoms with E-state index in [-0.39, 0.29) is 31.8 Å². The minimum atomic E-state index is -1.40. The summed E-state index contributed by atoms with van der Waals surface area (Å²) in [6, 6.07) is -4.19. The van der Waals surface area contributed by atoms with E-state index in [4.69, 9.17) is 28.0 Å². The second-order valence-corrected chi connectivity index (χ2v) is 8.92. The lowest BCUT2D eigenvalue weighted by Crippen LogP contribution is -2.56. The second-order valence-electron chi connectivity index (χ2n) is 8.92. The number of carboxylic acids is 2. The molecule has 1 saturated heterocycles. The number of amides is 3. The molecule has 1 fully saturated rings. The van der Waals surface area contributed by atoms with Gasteiger partial charge in [-0.1, -0.05) is 0 Å². The van der Waals surface area contributed by atoms with Gasteiger partial charge in [-0.05, 0) is 57.9 Å². The molecule has 210 valence electrons. The second kappa shape index (κ2) is 16.3. The van der Waals surface area contributed by atoms with Gasteiger partial charge in [0, 0.05) is 19.5 Å². The number of guanidine groups is 1. The number of nitrogens with two attached hydrogens (primary N) is 4. The van der Waals surface area contributed by atoms with Crippen molar-refractivity contribution in [3.05, 3.63) is 0 Å². The summed E-state index contributed by atoms with van der Waals surface area (Å²) in [5.74, 6) is -4.32. The van der Waals surface area contributed by atoms with Crippen LogP contribution in [0.5, 0.6) is 0 Å². The number of nitrogens with zero attached hydrogens (tertiary/aromatic N) is 2. The first kappa shape index (κ1) is 31.6. The van der Waals surface area contributed by atoms with Gasteiger partial charge in [0.25, 0.3) is 0 Å². The Balaban J connectivity index is 2.88. The van der Waals surface area contributed by atoms with Crippen molar-refractivity contribution in [2.45, 2.75) is 82.0 Å². The average molecular weight is 529 g/mol. The molecular formula is C22H40N8O7. The largest absolute Gasteiger partial charge is 0.481 e. The van der Waals surface area contributed by atoms with Crippen molar-refractivity contribution in [2.75, 3.05) is 19.6 Å². The van der Waals surface area contributed by atoms with Gasteiger partial charge in [0.2, 0.25) is 17.7 Å². The first-order valence-corrected chi connectivity index (χ1v) is 12.3. The quantitative estimate of drug-likeness (QED) is 0.0551. The molecule has 1 rings (SSSR count). The molecule has 0 radical (unpaired) electrons. The van der Waals surface area contributed by atoms with E-state index >= 15 is 0 Å². The normalized spacial score (nSPS) is 17.4. The van der Waals surface area contributed by atoms with Crippen molar-refractivity contribution in [2.24, 2.45) is 27.9 Å². The highest BCUT2D eigenvalue weighted by Crippen LogP contribution is 2.20. The van der Waals surface area contributed by atoms with Gasteiger partial charge in [-0.3, -0.25) is 24.2 Å². The molecule has 0 saturated carbocycles. The third-order valence-electron chi connectivity index (χ3n) is 5.97. The number of carbonyl (C=O) groups excluding carboxylic acids is 3. The topological polar surface area (TPSA) is 270 Å². The molecule has 0 aromatic rings. The van der Waals surface area contributed by atoms with Crippen molar-refractivity contribution >= 4 is 35.6 Å². The zero-order valence-corrected chi connectivity index (χ0v) is 20.9. The number of carboxylic acid groups (broad SMARTS) is 2. The molecule has 1 heterocycles. The van der Waals surface area contributed by atoms with Crippen molar-refractivity contribution in [3.63, 3.8) is 0 Å². The standard InChI is InChI=1S/C22H40N8O7/c23-10-2-1-6-14(28-18(33)13(24)5-3-11-27-22(25)26)20(35)30-12-4-7-16(30)19(34)29-15(21(36)37)8-9-17(31)32/h13-16H,1-12,23-24H2,(H,28,33)(H,29,34)(H,31,32)(H,36,37)(H4,25,26,27). The molecular weight excluding hydrogens is 488 g/mol. The molecule has 0 aliphatic carbocycles. The molecule has 15 nitrogen and oxygen atoms in total. The first-order chi connectivity index (χ1) is 17.5. The summed E-state index contributed by atoms with van der Waals surface area (Å²) in [6.07, 6.45) is 2.27. The monoisotopic (exact) mass is 528 g/mol. The molecule has 0 aromatic heterocycles. The molecule has 3 amide bonds. The maximum Gasteiger partial charge on any atom is 0.326 e. The van der Waals surface area contributed by atoms with E-state index in [0.717, 1.165) is 0 Å². The van der Waals surface area contributed by atoms with Crippen LogP contribution in [0.2, 0.25) is 0 Å². The third-order valence-corrected chi connectivity index (χ3v) is 5.97. The van der Waals surface area contributed by atoms with E-state index in [1.165, 1.54) is 4.90 Å². The molecule has 12 N–H and O–H groups in total. The summed E-state index contributed by atoms with van der Waals surface area (Å²) in [6.45, 7) is 0.953. The lowest BCUT2D eigenvalue weighted by atomic mass is 10.1. The van der Waals surface area contributed by atoms with E-state index in [1.54, 1.807) is 0 Å². The minimum absolute atomic E-state index is 0.0654. The maximum absolute atomic E-state index is 13.4. The highest BCUT2D eigenvalue weighted by atomic mass is 16.4. The van der Waals surface area contributed by atoms with Crippen LogP contribution in [-0.2, 0) is 24.0 Å². The molecule has 0 aromatic carbocycles. The fourth-order valence-corrected chi connectivity index (χ4v) is 3.98. The molecule has 1 aliphatic heterocycles. The Labute approximate surface area is 215 Å². The average Bonchev–Trinajstić information content (AvgIpc) is 3.32. The number of hydrogen-bond donors (Lipinski definition) is 8. The van der Waals surface area contributed by atoms with E-state index < -0.39 is 60.2 Å². The van der Waals surface area contributed by atoms with Crippen molar-refractivity contribution in [3.8, 4) is 0 Å². The van der Waals surface area contributed by atoms with Gasteiger partial charge in [0.1, 0.15) is 18.1 Å². The SMILES string of the molecule is NCCCCC(NC(=O)C(N)CCCN=C(N)N)C(=O)N1CCCC1C(=O)NC(CCC(=O)O)C(=O)O. The highest BCUT2D eigenvalue weighted by Gasteiger charge is 2.39. The maximum atomic E-state index is 13.4. The van der Waals surface area contributed by atoms with Crippen molar-refractivity contribution < 1.29 is 34.2 Å². The van der Waals surface area contributed by atoms with Gasteiger partial charge < -0.3 is 48.7 Å². The zero-order valence-electron chi connectivity index (χ0n) is 20.9. The van der Waals surface area contributed by atoms with E-state index in [0.29, 0.717) is 45.2 Å². The van der Waals surface area contributed by atoms with Gasteiger partial charge >= 0.3 is 11.9 Å². The molecule has 4 unspecified atom stereocenters. The van der Waals surface area contributed by atoms with Crippen LogP contribution in [0.4, 0.5) is 0 Å². The molecule has 4 atom stereocenters. The van der Waals surface area contributed by atoms with Gasteiger partial charge in [0.05, 0.1) is 6.04 Å². The van der Waals surface area contributed by atoms with Crippen LogP contribution in [0.1, 0.15) is 57.8 Å². The van der Waals surface area contributed by atoms with Crippen molar-refractivity contribution in [1.82, 2.24) is 15.5 Å². The lowest BCUT2D eigenvalue weighted by Gasteiger charge is -2.30. The van der Waals surface area contributed by atoms with Gasteiger partial charge in [-0.2, -0.15) is 0 Å². The van der Waals surface area contributed by atoms with Crippen LogP contribution in [0, 0.1) is 0 Å². The van der Waals surface area contributed by atoms with Crippen LogP contribution in [-0.4, -0.2) is 94.5 Å². The number of unbranched alkanes of at least 4 members (excludes halogenated alkanes) is 1. The van der Waals surface area contributed by atoms with Crippen molar-refractivity contribution in [1.29, 1.82) is 0 Å². The number of aliphatic imine (C=N–C) groups is 1. The zero-order chi connectivity index (χ0) is 28.0. The number of nitrogens with one attached hydrogen (secondary N) is 2. The fraction of sp³-hybridized carbons (Fsp3) is 0.727. The number of carbonyl (C=O) groups is 5. The van der Waals surface area contributed by atoms with Crippen LogP contribution < -0.4 is 33.6 Å². The smallest absolute Gasteiger partial charge is 0.326 e. The predicted octanol–water partition coefficient (Wildman–Crippen LogP) is -2.59. The third kappa shape index (κ3) is 11.4. The molecule has 0 bridgehead atoms. The van der Waals surface area contributed by atoms with E-state index in [1.807, 2.05) is 0 Å². The summed E-state index contributed by atoms with van der Waals surface area (Å²) < 4.78 is 0. The highest BCUT2D eigenvalue weighted by molar-refractivity contribution is 5.94. The Hall–Kier alpha value is -3.46. The lowest BCUT2D eigenvalue weighted by molar-refractivity contribution is -0.145.